The Kier molecular flexibility index (Phi) is 6.08. The number of hydrogen-bond donors (Lipinski definition) is 2. The molecule has 2 aromatic heterocycles. The summed E-state index contributed by atoms with van der Waals surface area (Å²) >= 11 is 6.18. The van der Waals surface area contributed by atoms with Crippen LogP contribution in [0.5, 0.6) is 5.75 Å². The van der Waals surface area contributed by atoms with Gasteiger partial charge in [-0.05, 0) is 35.4 Å². The van der Waals surface area contributed by atoms with Crippen molar-refractivity contribution in [3.63, 3.8) is 0 Å². The summed E-state index contributed by atoms with van der Waals surface area (Å²) in [7, 11) is 0. The first-order valence-electron chi connectivity index (χ1n) is 9.35. The molecule has 4 rings (SSSR count). The van der Waals surface area contributed by atoms with Crippen molar-refractivity contribution in [3.05, 3.63) is 76.6 Å². The Morgan fingerprint density at radius 2 is 1.94 bits per heavy atom. The normalized spacial score (nSPS) is 11.4. The highest BCUT2D eigenvalue weighted by Gasteiger charge is 2.24. The molecule has 0 bridgehead atoms. The number of aromatic nitrogens is 5. The lowest BCUT2D eigenvalue weighted by Crippen LogP contribution is -2.22. The molecule has 0 aliphatic carbocycles. The molecule has 0 spiro atoms. The molecule has 32 heavy (non-hydrogen) atoms. The molecule has 4 aromatic rings. The van der Waals surface area contributed by atoms with Gasteiger partial charge in [-0.1, -0.05) is 53.2 Å². The van der Waals surface area contributed by atoms with Crippen LogP contribution >= 0.6 is 11.6 Å². The van der Waals surface area contributed by atoms with Crippen LogP contribution in [0.25, 0.3) is 5.82 Å². The maximum atomic E-state index is 12.9. The van der Waals surface area contributed by atoms with Gasteiger partial charge in [0.2, 0.25) is 11.6 Å². The zero-order chi connectivity index (χ0) is 22.5. The van der Waals surface area contributed by atoms with Gasteiger partial charge in [0.15, 0.2) is 5.69 Å². The number of anilines is 1. The number of carbonyl (C=O) groups excluding carboxylic acids is 1. The molecule has 1 amide bonds. The average molecular weight is 453 g/mol. The average Bonchev–Trinajstić information content (AvgIpc) is 3.42. The first kappa shape index (κ1) is 21.0. The van der Waals surface area contributed by atoms with E-state index < -0.39 is 5.91 Å². The van der Waals surface area contributed by atoms with Gasteiger partial charge in [0.05, 0.1) is 5.71 Å². The summed E-state index contributed by atoms with van der Waals surface area (Å²) in [5, 5.41) is 19.8. The summed E-state index contributed by atoms with van der Waals surface area (Å²) in [5.74, 6) is 0.0455. The molecule has 0 unspecified atom stereocenters. The van der Waals surface area contributed by atoms with Gasteiger partial charge in [0.25, 0.3) is 5.91 Å². The van der Waals surface area contributed by atoms with E-state index in [0.29, 0.717) is 22.0 Å². The summed E-state index contributed by atoms with van der Waals surface area (Å²) in [5.41, 5.74) is 9.70. The molecule has 11 nitrogen and oxygen atoms in total. The zero-order valence-corrected chi connectivity index (χ0v) is 17.5. The molecule has 2 aromatic carbocycles. The number of nitrogen functional groups attached to an aromatic ring is 1. The standard InChI is InChI=1S/C20H17ClN8O3/c1-12(14-9-5-6-10-15(14)21)23-25-20(30)17-16(11-31-13-7-3-2-4-8-13)29(28-24-17)19-18(22)26-32-27-19/h2-10H,11H2,1H3,(H2,22,26)(H,25,30). The second-order valence-electron chi connectivity index (χ2n) is 6.49. The number of nitrogens with zero attached hydrogens (tertiary/aromatic N) is 6. The fraction of sp³-hybridized carbons (Fsp3) is 0.100. The Balaban J connectivity index is 1.61. The fourth-order valence-corrected chi connectivity index (χ4v) is 3.06. The first-order valence-corrected chi connectivity index (χ1v) is 9.72. The number of carbonyl (C=O) groups is 1. The van der Waals surface area contributed by atoms with Crippen molar-refractivity contribution in [2.24, 2.45) is 5.10 Å². The SMILES string of the molecule is CC(=NNC(=O)c1nnn(-c2nonc2N)c1COc1ccccc1)c1ccccc1Cl. The Labute approximate surface area is 186 Å². The minimum absolute atomic E-state index is 0.0181. The van der Waals surface area contributed by atoms with Crippen LogP contribution < -0.4 is 15.9 Å². The van der Waals surface area contributed by atoms with E-state index in [1.165, 1.54) is 4.68 Å². The first-order chi connectivity index (χ1) is 15.5. The number of hydrazone groups is 1. The van der Waals surface area contributed by atoms with Gasteiger partial charge in [-0.3, -0.25) is 4.79 Å². The second kappa shape index (κ2) is 9.27. The van der Waals surface area contributed by atoms with Crippen molar-refractivity contribution in [2.75, 3.05) is 5.73 Å². The van der Waals surface area contributed by atoms with Crippen LogP contribution in [0, 0.1) is 0 Å². The Morgan fingerprint density at radius 1 is 1.19 bits per heavy atom. The third-order valence-electron chi connectivity index (χ3n) is 4.38. The molecule has 162 valence electrons. The number of benzene rings is 2. The lowest BCUT2D eigenvalue weighted by molar-refractivity contribution is 0.0947. The highest BCUT2D eigenvalue weighted by molar-refractivity contribution is 6.34. The molecule has 0 fully saturated rings. The number of nitrogens with one attached hydrogen (secondary N) is 1. The van der Waals surface area contributed by atoms with Gasteiger partial charge in [0, 0.05) is 10.6 Å². The summed E-state index contributed by atoms with van der Waals surface area (Å²) in [6, 6.07) is 16.2. The molecule has 0 saturated carbocycles. The fourth-order valence-electron chi connectivity index (χ4n) is 2.79. The molecule has 0 radical (unpaired) electrons. The van der Waals surface area contributed by atoms with Crippen molar-refractivity contribution in [2.45, 2.75) is 13.5 Å². The maximum Gasteiger partial charge on any atom is 0.293 e. The smallest absolute Gasteiger partial charge is 0.293 e. The molecule has 0 saturated heterocycles. The predicted molar refractivity (Wildman–Crippen MR) is 116 cm³/mol. The van der Waals surface area contributed by atoms with Crippen LogP contribution in [0.15, 0.2) is 64.3 Å². The number of ether oxygens (including phenoxy) is 1. The van der Waals surface area contributed by atoms with E-state index in [2.05, 4.69) is 35.8 Å². The third kappa shape index (κ3) is 4.42. The predicted octanol–water partition coefficient (Wildman–Crippen LogP) is 2.62. The molecule has 3 N–H and O–H groups in total. The highest BCUT2D eigenvalue weighted by atomic mass is 35.5. The summed E-state index contributed by atoms with van der Waals surface area (Å²) in [6.07, 6.45) is 0. The number of nitrogens with two attached hydrogens (primary N) is 1. The van der Waals surface area contributed by atoms with E-state index in [-0.39, 0.29) is 29.6 Å². The minimum Gasteiger partial charge on any atom is -0.487 e. The zero-order valence-electron chi connectivity index (χ0n) is 16.8. The van der Waals surface area contributed by atoms with Crippen LogP contribution in [0.4, 0.5) is 5.82 Å². The van der Waals surface area contributed by atoms with Crippen molar-refractivity contribution in [1.29, 1.82) is 0 Å². The topological polar surface area (TPSA) is 146 Å². The van der Waals surface area contributed by atoms with E-state index in [9.17, 15) is 4.79 Å². The maximum absolute atomic E-state index is 12.9. The molecule has 0 aliphatic heterocycles. The minimum atomic E-state index is -0.607. The third-order valence-corrected chi connectivity index (χ3v) is 4.71. The Bertz CT molecular complexity index is 1270. The van der Waals surface area contributed by atoms with E-state index in [1.807, 2.05) is 24.3 Å². The molecule has 0 aliphatic rings. The molecular weight excluding hydrogens is 436 g/mol. The number of halogens is 1. The lowest BCUT2D eigenvalue weighted by atomic mass is 10.1. The van der Waals surface area contributed by atoms with E-state index in [1.54, 1.807) is 37.3 Å². The van der Waals surface area contributed by atoms with E-state index >= 15 is 0 Å². The highest BCUT2D eigenvalue weighted by Crippen LogP contribution is 2.19. The van der Waals surface area contributed by atoms with Crippen molar-refractivity contribution < 1.29 is 14.2 Å². The van der Waals surface area contributed by atoms with Crippen LogP contribution in [-0.4, -0.2) is 36.9 Å². The van der Waals surface area contributed by atoms with Crippen LogP contribution in [-0.2, 0) is 6.61 Å². The molecular formula is C20H17ClN8O3. The van der Waals surface area contributed by atoms with Gasteiger partial charge < -0.3 is 10.5 Å². The Hall–Kier alpha value is -4.25. The van der Waals surface area contributed by atoms with Gasteiger partial charge in [-0.2, -0.15) is 9.78 Å². The van der Waals surface area contributed by atoms with Gasteiger partial charge in [-0.15, -0.1) is 5.10 Å². The van der Waals surface area contributed by atoms with E-state index in [4.69, 9.17) is 22.1 Å². The van der Waals surface area contributed by atoms with Crippen LogP contribution in [0.3, 0.4) is 0 Å². The van der Waals surface area contributed by atoms with Gasteiger partial charge in [0.1, 0.15) is 18.1 Å². The number of rotatable bonds is 7. The quantitative estimate of drug-likeness (QED) is 0.321. The van der Waals surface area contributed by atoms with Gasteiger partial charge in [-0.25, -0.2) is 10.1 Å². The number of para-hydroxylation sites is 1. The van der Waals surface area contributed by atoms with Crippen LogP contribution in [0.1, 0.15) is 28.7 Å². The Morgan fingerprint density at radius 3 is 2.66 bits per heavy atom. The monoisotopic (exact) mass is 452 g/mol. The second-order valence-corrected chi connectivity index (χ2v) is 6.90. The van der Waals surface area contributed by atoms with E-state index in [0.717, 1.165) is 0 Å². The molecule has 2 heterocycles. The summed E-state index contributed by atoms with van der Waals surface area (Å²) in [4.78, 5) is 12.9. The number of hydrogen-bond acceptors (Lipinski definition) is 9. The van der Waals surface area contributed by atoms with Crippen molar-refractivity contribution >= 4 is 29.0 Å². The van der Waals surface area contributed by atoms with Gasteiger partial charge >= 0.3 is 0 Å². The summed E-state index contributed by atoms with van der Waals surface area (Å²) < 4.78 is 11.6. The van der Waals surface area contributed by atoms with Crippen LogP contribution in [0.2, 0.25) is 5.02 Å². The molecule has 12 heteroatoms. The van der Waals surface area contributed by atoms with Crippen molar-refractivity contribution in [1.82, 2.24) is 30.7 Å². The number of amides is 1. The summed E-state index contributed by atoms with van der Waals surface area (Å²) in [6.45, 7) is 1.67. The molecule has 0 atom stereocenters. The largest absolute Gasteiger partial charge is 0.487 e. The lowest BCUT2D eigenvalue weighted by Gasteiger charge is -2.08. The van der Waals surface area contributed by atoms with Crippen molar-refractivity contribution in [3.8, 4) is 11.6 Å².